The zero-order chi connectivity index (χ0) is 12.3. The number of halogens is 3. The molecule has 4 nitrogen and oxygen atoms in total. The third-order valence-corrected chi connectivity index (χ3v) is 2.18. The van der Waals surface area contributed by atoms with Crippen LogP contribution in [0.1, 0.15) is 16.1 Å². The first-order chi connectivity index (χ1) is 7.40. The molecule has 1 heterocycles. The highest BCUT2D eigenvalue weighted by Gasteiger charge is 2.38. The van der Waals surface area contributed by atoms with E-state index in [4.69, 9.17) is 0 Å². The molecule has 0 amide bonds. The molecule has 1 aromatic rings. The fourth-order valence-electron chi connectivity index (χ4n) is 0.939. The van der Waals surface area contributed by atoms with E-state index >= 15 is 0 Å². The maximum absolute atomic E-state index is 12.6. The molecule has 0 aliphatic heterocycles. The Morgan fingerprint density at radius 2 is 2.12 bits per heavy atom. The van der Waals surface area contributed by atoms with E-state index in [9.17, 15) is 18.0 Å². The zero-order valence-electron chi connectivity index (χ0n) is 8.33. The third kappa shape index (κ3) is 2.63. The second-order valence-electron chi connectivity index (χ2n) is 2.61. The number of nitrogens with zero attached hydrogens (tertiary/aromatic N) is 2. The molecule has 0 saturated carbocycles. The van der Waals surface area contributed by atoms with E-state index in [2.05, 4.69) is 14.7 Å². The highest BCUT2D eigenvalue weighted by Crippen LogP contribution is 2.31. The van der Waals surface area contributed by atoms with Gasteiger partial charge in [0.05, 0.1) is 7.11 Å². The number of rotatable bonds is 2. The molecule has 88 valence electrons. The summed E-state index contributed by atoms with van der Waals surface area (Å²) < 4.78 is 41.9. The number of hydrogen-bond donors (Lipinski definition) is 0. The average Bonchev–Trinajstić information content (AvgIpc) is 2.26. The molecule has 0 aromatic carbocycles. The van der Waals surface area contributed by atoms with Gasteiger partial charge < -0.3 is 4.74 Å². The fourth-order valence-corrected chi connectivity index (χ4v) is 1.28. The summed E-state index contributed by atoms with van der Waals surface area (Å²) in [4.78, 5) is 17.9. The van der Waals surface area contributed by atoms with Crippen LogP contribution in [0.4, 0.5) is 13.2 Å². The van der Waals surface area contributed by atoms with Gasteiger partial charge >= 0.3 is 12.1 Å². The van der Waals surface area contributed by atoms with Crippen LogP contribution in [-0.4, -0.2) is 29.3 Å². The van der Waals surface area contributed by atoms with E-state index in [0.29, 0.717) is 0 Å². The van der Waals surface area contributed by atoms with Gasteiger partial charge in [0.1, 0.15) is 5.56 Å². The number of esters is 1. The minimum atomic E-state index is -4.71. The van der Waals surface area contributed by atoms with Crippen molar-refractivity contribution in [2.75, 3.05) is 13.4 Å². The molecule has 0 unspecified atom stereocenters. The van der Waals surface area contributed by atoms with Crippen molar-refractivity contribution in [3.8, 4) is 0 Å². The van der Waals surface area contributed by atoms with E-state index in [1.54, 1.807) is 0 Å². The number of aromatic nitrogens is 2. The molecular weight excluding hydrogens is 245 g/mol. The van der Waals surface area contributed by atoms with E-state index < -0.39 is 23.4 Å². The molecule has 0 radical (unpaired) electrons. The molecule has 8 heteroatoms. The molecule has 0 atom stereocenters. The minimum absolute atomic E-state index is 0.0556. The SMILES string of the molecule is COC(=O)c1cnc(SC)nc1C(F)(F)F. The van der Waals surface area contributed by atoms with E-state index in [1.807, 2.05) is 0 Å². The third-order valence-electron chi connectivity index (χ3n) is 1.62. The molecule has 0 aliphatic rings. The van der Waals surface area contributed by atoms with Gasteiger partial charge in [-0.15, -0.1) is 0 Å². The smallest absolute Gasteiger partial charge is 0.434 e. The molecular formula is C8H7F3N2O2S. The topological polar surface area (TPSA) is 52.1 Å². The van der Waals surface area contributed by atoms with Gasteiger partial charge in [0, 0.05) is 6.20 Å². The molecule has 16 heavy (non-hydrogen) atoms. The first-order valence-electron chi connectivity index (χ1n) is 3.96. The molecule has 1 aromatic heterocycles. The summed E-state index contributed by atoms with van der Waals surface area (Å²) in [5.74, 6) is -1.11. The predicted molar refractivity (Wildman–Crippen MR) is 50.2 cm³/mol. The van der Waals surface area contributed by atoms with Gasteiger partial charge in [-0.25, -0.2) is 14.8 Å². The molecule has 0 N–H and O–H groups in total. The van der Waals surface area contributed by atoms with Crippen LogP contribution in [0.5, 0.6) is 0 Å². The summed E-state index contributed by atoms with van der Waals surface area (Å²) in [6.45, 7) is 0. The Morgan fingerprint density at radius 1 is 1.50 bits per heavy atom. The van der Waals surface area contributed by atoms with E-state index in [-0.39, 0.29) is 5.16 Å². The zero-order valence-corrected chi connectivity index (χ0v) is 9.15. The van der Waals surface area contributed by atoms with Gasteiger partial charge in [0.2, 0.25) is 0 Å². The lowest BCUT2D eigenvalue weighted by atomic mass is 10.2. The number of methoxy groups -OCH3 is 1. The van der Waals surface area contributed by atoms with Crippen LogP contribution in [0, 0.1) is 0 Å². The quantitative estimate of drug-likeness (QED) is 0.458. The molecule has 1 rings (SSSR count). The fraction of sp³-hybridized carbons (Fsp3) is 0.375. The van der Waals surface area contributed by atoms with Gasteiger partial charge in [0.15, 0.2) is 10.9 Å². The van der Waals surface area contributed by atoms with Gasteiger partial charge in [-0.05, 0) is 6.26 Å². The Hall–Kier alpha value is -1.31. The second kappa shape index (κ2) is 4.69. The van der Waals surface area contributed by atoms with Crippen molar-refractivity contribution >= 4 is 17.7 Å². The largest absolute Gasteiger partial charge is 0.465 e. The number of thioether (sulfide) groups is 1. The lowest BCUT2D eigenvalue weighted by Crippen LogP contribution is -2.17. The maximum Gasteiger partial charge on any atom is 0.434 e. The van der Waals surface area contributed by atoms with Gasteiger partial charge in [0.25, 0.3) is 0 Å². The van der Waals surface area contributed by atoms with Gasteiger partial charge in [-0.1, -0.05) is 11.8 Å². The standard InChI is InChI=1S/C8H7F3N2O2S/c1-15-6(14)4-3-12-7(16-2)13-5(4)8(9,10)11/h3H,1-2H3. The lowest BCUT2D eigenvalue weighted by molar-refractivity contribution is -0.142. The van der Waals surface area contributed by atoms with Crippen molar-refractivity contribution in [2.24, 2.45) is 0 Å². The van der Waals surface area contributed by atoms with Crippen molar-refractivity contribution in [3.63, 3.8) is 0 Å². The van der Waals surface area contributed by atoms with Crippen LogP contribution >= 0.6 is 11.8 Å². The van der Waals surface area contributed by atoms with Gasteiger partial charge in [-0.2, -0.15) is 13.2 Å². The Bertz CT molecular complexity index is 409. The Morgan fingerprint density at radius 3 is 2.56 bits per heavy atom. The van der Waals surface area contributed by atoms with Crippen LogP contribution in [0.3, 0.4) is 0 Å². The minimum Gasteiger partial charge on any atom is -0.465 e. The second-order valence-corrected chi connectivity index (χ2v) is 3.38. The van der Waals surface area contributed by atoms with Crippen LogP contribution in [0.15, 0.2) is 11.4 Å². The van der Waals surface area contributed by atoms with Crippen molar-refractivity contribution in [1.82, 2.24) is 9.97 Å². The van der Waals surface area contributed by atoms with E-state index in [1.165, 1.54) is 6.26 Å². The monoisotopic (exact) mass is 252 g/mol. The summed E-state index contributed by atoms with van der Waals surface area (Å²) >= 11 is 0.953. The summed E-state index contributed by atoms with van der Waals surface area (Å²) in [5, 5.41) is -0.0556. The summed E-state index contributed by atoms with van der Waals surface area (Å²) in [6.07, 6.45) is -2.36. The van der Waals surface area contributed by atoms with Crippen LogP contribution in [0.25, 0.3) is 0 Å². The Balaban J connectivity index is 3.33. The van der Waals surface area contributed by atoms with Gasteiger partial charge in [-0.3, -0.25) is 0 Å². The highest BCUT2D eigenvalue weighted by atomic mass is 32.2. The Kier molecular flexibility index (Phi) is 3.74. The van der Waals surface area contributed by atoms with Crippen molar-refractivity contribution in [1.29, 1.82) is 0 Å². The number of carbonyl (C=O) groups is 1. The number of ether oxygens (including phenoxy) is 1. The van der Waals surface area contributed by atoms with E-state index in [0.717, 1.165) is 25.1 Å². The molecule has 0 spiro atoms. The lowest BCUT2D eigenvalue weighted by Gasteiger charge is -2.10. The number of carbonyl (C=O) groups excluding carboxylic acids is 1. The molecule has 0 saturated heterocycles. The van der Waals surface area contributed by atoms with Crippen LogP contribution in [0.2, 0.25) is 0 Å². The molecule has 0 fully saturated rings. The highest BCUT2D eigenvalue weighted by molar-refractivity contribution is 7.98. The Labute approximate surface area is 93.2 Å². The molecule has 0 aliphatic carbocycles. The number of alkyl halides is 3. The average molecular weight is 252 g/mol. The van der Waals surface area contributed by atoms with Crippen molar-refractivity contribution in [2.45, 2.75) is 11.3 Å². The van der Waals surface area contributed by atoms with Crippen LogP contribution < -0.4 is 0 Å². The molecule has 0 bridgehead atoms. The number of hydrogen-bond acceptors (Lipinski definition) is 5. The predicted octanol–water partition coefficient (Wildman–Crippen LogP) is 2.00. The van der Waals surface area contributed by atoms with Crippen LogP contribution in [-0.2, 0) is 10.9 Å². The summed E-state index contributed by atoms with van der Waals surface area (Å²) in [5.41, 5.74) is -1.97. The van der Waals surface area contributed by atoms with Crippen molar-refractivity contribution < 1.29 is 22.7 Å². The van der Waals surface area contributed by atoms with Crippen molar-refractivity contribution in [3.05, 3.63) is 17.5 Å². The first-order valence-corrected chi connectivity index (χ1v) is 5.19. The first kappa shape index (κ1) is 12.8. The summed E-state index contributed by atoms with van der Waals surface area (Å²) in [7, 11) is 0.991. The normalized spacial score (nSPS) is 11.3. The maximum atomic E-state index is 12.6. The summed E-state index contributed by atoms with van der Waals surface area (Å²) in [6, 6.07) is 0.